The van der Waals surface area contributed by atoms with Gasteiger partial charge in [0.25, 0.3) is 0 Å². The van der Waals surface area contributed by atoms with Crippen LogP contribution in [0.15, 0.2) is 53.4 Å². The summed E-state index contributed by atoms with van der Waals surface area (Å²) in [6, 6.07) is 16.3. The van der Waals surface area contributed by atoms with E-state index in [1.54, 1.807) is 17.0 Å². The van der Waals surface area contributed by atoms with E-state index >= 15 is 0 Å². The minimum Gasteiger partial charge on any atom is -0.339 e. The van der Waals surface area contributed by atoms with E-state index in [1.165, 1.54) is 27.6 Å². The van der Waals surface area contributed by atoms with Gasteiger partial charge in [0.15, 0.2) is 0 Å². The molecule has 2 aromatic carbocycles. The Bertz CT molecular complexity index is 1120. The van der Waals surface area contributed by atoms with Crippen molar-refractivity contribution in [3.05, 3.63) is 65.2 Å². The number of carbonyl (C=O) groups excluding carboxylic acids is 1. The van der Waals surface area contributed by atoms with Gasteiger partial charge in [-0.05, 0) is 36.6 Å². The van der Waals surface area contributed by atoms with Crippen LogP contribution in [0.4, 0.5) is 0 Å². The van der Waals surface area contributed by atoms with Crippen LogP contribution in [0.1, 0.15) is 23.6 Å². The SMILES string of the molecule is CC(C(=O)N1CCN(S(=O)(=O)c2ccccc2C#N)CC1)N1CCc2ccccc2C1. The van der Waals surface area contributed by atoms with Gasteiger partial charge in [-0.2, -0.15) is 9.57 Å². The minimum absolute atomic E-state index is 0.0256. The molecule has 8 heteroatoms. The molecule has 2 aliphatic heterocycles. The molecule has 162 valence electrons. The Kier molecular flexibility index (Phi) is 6.10. The van der Waals surface area contributed by atoms with Crippen LogP contribution in [0.2, 0.25) is 0 Å². The van der Waals surface area contributed by atoms with E-state index in [0.717, 1.165) is 19.5 Å². The highest BCUT2D eigenvalue weighted by Crippen LogP contribution is 2.23. The first-order valence-corrected chi connectivity index (χ1v) is 11.9. The van der Waals surface area contributed by atoms with Gasteiger partial charge in [-0.15, -0.1) is 0 Å². The van der Waals surface area contributed by atoms with Crippen molar-refractivity contribution in [3.8, 4) is 6.07 Å². The second-order valence-electron chi connectivity index (χ2n) is 8.00. The van der Waals surface area contributed by atoms with Gasteiger partial charge < -0.3 is 4.90 Å². The fourth-order valence-electron chi connectivity index (χ4n) is 4.34. The molecule has 1 unspecified atom stereocenters. The van der Waals surface area contributed by atoms with E-state index in [4.69, 9.17) is 0 Å². The third-order valence-corrected chi connectivity index (χ3v) is 8.20. The molecule has 1 amide bonds. The van der Waals surface area contributed by atoms with Crippen molar-refractivity contribution < 1.29 is 13.2 Å². The van der Waals surface area contributed by atoms with Gasteiger partial charge in [0.2, 0.25) is 15.9 Å². The predicted octanol–water partition coefficient (Wildman–Crippen LogP) is 1.84. The Morgan fingerprint density at radius 3 is 2.32 bits per heavy atom. The second-order valence-corrected chi connectivity index (χ2v) is 9.91. The summed E-state index contributed by atoms with van der Waals surface area (Å²) in [5, 5.41) is 9.25. The Balaban J connectivity index is 1.40. The summed E-state index contributed by atoms with van der Waals surface area (Å²) in [6.45, 7) is 4.67. The zero-order chi connectivity index (χ0) is 22.0. The molecule has 2 heterocycles. The molecular weight excluding hydrogens is 412 g/mol. The lowest BCUT2D eigenvalue weighted by molar-refractivity contribution is -0.138. The van der Waals surface area contributed by atoms with Gasteiger partial charge in [0, 0.05) is 39.3 Å². The first-order valence-electron chi connectivity index (χ1n) is 10.5. The largest absolute Gasteiger partial charge is 0.339 e. The highest BCUT2D eigenvalue weighted by atomic mass is 32.2. The third kappa shape index (κ3) is 4.22. The van der Waals surface area contributed by atoms with Crippen molar-refractivity contribution in [1.29, 1.82) is 5.26 Å². The maximum atomic E-state index is 13.1. The number of carbonyl (C=O) groups is 1. The molecule has 0 spiro atoms. The second kappa shape index (κ2) is 8.79. The number of hydrogen-bond donors (Lipinski definition) is 0. The fraction of sp³-hybridized carbons (Fsp3) is 0.391. The first-order chi connectivity index (χ1) is 14.9. The average Bonchev–Trinajstić information content (AvgIpc) is 2.82. The minimum atomic E-state index is -3.77. The highest BCUT2D eigenvalue weighted by molar-refractivity contribution is 7.89. The Morgan fingerprint density at radius 1 is 0.968 bits per heavy atom. The van der Waals surface area contributed by atoms with E-state index in [9.17, 15) is 18.5 Å². The Labute approximate surface area is 183 Å². The number of sulfonamides is 1. The van der Waals surface area contributed by atoms with Gasteiger partial charge in [-0.1, -0.05) is 36.4 Å². The maximum absolute atomic E-state index is 13.1. The van der Waals surface area contributed by atoms with E-state index < -0.39 is 10.0 Å². The summed E-state index contributed by atoms with van der Waals surface area (Å²) in [5.41, 5.74) is 2.75. The lowest BCUT2D eigenvalue weighted by Gasteiger charge is -2.39. The topological polar surface area (TPSA) is 84.7 Å². The van der Waals surface area contributed by atoms with Crippen LogP contribution in [0.25, 0.3) is 0 Å². The monoisotopic (exact) mass is 438 g/mol. The van der Waals surface area contributed by atoms with E-state index in [2.05, 4.69) is 17.0 Å². The molecule has 1 fully saturated rings. The molecule has 0 radical (unpaired) electrons. The fourth-order valence-corrected chi connectivity index (χ4v) is 5.90. The van der Waals surface area contributed by atoms with Crippen LogP contribution < -0.4 is 0 Å². The summed E-state index contributed by atoms with van der Waals surface area (Å²) >= 11 is 0. The number of rotatable bonds is 4. The van der Waals surface area contributed by atoms with E-state index in [-0.39, 0.29) is 35.5 Å². The maximum Gasteiger partial charge on any atom is 0.244 e. The average molecular weight is 439 g/mol. The normalized spacial score (nSPS) is 18.8. The summed E-state index contributed by atoms with van der Waals surface area (Å²) in [5.74, 6) is 0.0360. The van der Waals surface area contributed by atoms with Crippen molar-refractivity contribution in [1.82, 2.24) is 14.1 Å². The molecule has 2 aliphatic rings. The predicted molar refractivity (Wildman–Crippen MR) is 117 cm³/mol. The smallest absolute Gasteiger partial charge is 0.244 e. The number of hydrogen-bond acceptors (Lipinski definition) is 5. The number of benzene rings is 2. The first kappa shape index (κ1) is 21.5. The molecule has 1 saturated heterocycles. The van der Waals surface area contributed by atoms with Crippen molar-refractivity contribution in [3.63, 3.8) is 0 Å². The molecule has 7 nitrogen and oxygen atoms in total. The number of fused-ring (bicyclic) bond motifs is 1. The molecular formula is C23H26N4O3S. The zero-order valence-electron chi connectivity index (χ0n) is 17.6. The molecule has 0 aromatic heterocycles. The van der Waals surface area contributed by atoms with Gasteiger partial charge in [0.05, 0.1) is 16.5 Å². The van der Waals surface area contributed by atoms with Gasteiger partial charge in [-0.3, -0.25) is 9.69 Å². The molecule has 0 saturated carbocycles. The zero-order valence-corrected chi connectivity index (χ0v) is 18.4. The molecule has 0 bridgehead atoms. The molecule has 1 atom stereocenters. The Hall–Kier alpha value is -2.73. The van der Waals surface area contributed by atoms with Crippen LogP contribution in [0, 0.1) is 11.3 Å². The van der Waals surface area contributed by atoms with Crippen LogP contribution in [-0.2, 0) is 27.8 Å². The molecule has 0 aliphatic carbocycles. The highest BCUT2D eigenvalue weighted by Gasteiger charge is 2.34. The van der Waals surface area contributed by atoms with Crippen LogP contribution in [-0.4, -0.2) is 67.2 Å². The lowest BCUT2D eigenvalue weighted by Crippen LogP contribution is -2.55. The number of nitriles is 1. The summed E-state index contributed by atoms with van der Waals surface area (Å²) in [4.78, 5) is 17.1. The third-order valence-electron chi connectivity index (χ3n) is 6.24. The van der Waals surface area contributed by atoms with Crippen molar-refractivity contribution in [2.45, 2.75) is 30.8 Å². The summed E-state index contributed by atoms with van der Waals surface area (Å²) in [7, 11) is -3.77. The van der Waals surface area contributed by atoms with Crippen molar-refractivity contribution in [2.24, 2.45) is 0 Å². The quantitative estimate of drug-likeness (QED) is 0.727. The Morgan fingerprint density at radius 2 is 1.61 bits per heavy atom. The standard InChI is InChI=1S/C23H26N4O3S/c1-18(26-11-10-19-6-2-3-8-21(19)17-26)23(28)25-12-14-27(15-13-25)31(29,30)22-9-5-4-7-20(22)16-24/h2-9,18H,10-15,17H2,1H3. The van der Waals surface area contributed by atoms with E-state index in [0.29, 0.717) is 13.1 Å². The van der Waals surface area contributed by atoms with E-state index in [1.807, 2.05) is 25.1 Å². The summed E-state index contributed by atoms with van der Waals surface area (Å²) < 4.78 is 27.4. The van der Waals surface area contributed by atoms with Crippen molar-refractivity contribution in [2.75, 3.05) is 32.7 Å². The van der Waals surface area contributed by atoms with Gasteiger partial charge >= 0.3 is 0 Å². The van der Waals surface area contributed by atoms with Crippen LogP contribution >= 0.6 is 0 Å². The number of piperazine rings is 1. The number of nitrogens with zero attached hydrogens (tertiary/aromatic N) is 4. The van der Waals surface area contributed by atoms with Crippen LogP contribution in [0.3, 0.4) is 0 Å². The van der Waals surface area contributed by atoms with Gasteiger partial charge in [0.1, 0.15) is 6.07 Å². The van der Waals surface area contributed by atoms with Crippen molar-refractivity contribution >= 4 is 15.9 Å². The van der Waals surface area contributed by atoms with Gasteiger partial charge in [-0.25, -0.2) is 8.42 Å². The number of amides is 1. The molecule has 4 rings (SSSR count). The molecule has 31 heavy (non-hydrogen) atoms. The lowest BCUT2D eigenvalue weighted by atomic mass is 9.98. The van der Waals surface area contributed by atoms with Crippen LogP contribution in [0.5, 0.6) is 0 Å². The molecule has 0 N–H and O–H groups in total. The molecule has 2 aromatic rings. The summed E-state index contributed by atoms with van der Waals surface area (Å²) in [6.07, 6.45) is 0.929.